The van der Waals surface area contributed by atoms with Crippen molar-refractivity contribution in [2.45, 2.75) is 19.8 Å². The van der Waals surface area contributed by atoms with Crippen molar-refractivity contribution in [2.75, 3.05) is 33.9 Å². The molecule has 1 aromatic carbocycles. The summed E-state index contributed by atoms with van der Waals surface area (Å²) < 4.78 is 15.5. The van der Waals surface area contributed by atoms with Crippen LogP contribution in [0.3, 0.4) is 0 Å². The maximum Gasteiger partial charge on any atom is 0.310 e. The number of methoxy groups -OCH3 is 2. The average molecular weight is 321 g/mol. The van der Waals surface area contributed by atoms with E-state index in [1.807, 2.05) is 0 Å². The van der Waals surface area contributed by atoms with Gasteiger partial charge < -0.3 is 19.1 Å². The molecule has 1 atom stereocenters. The molecule has 0 saturated carbocycles. The molecule has 1 saturated heterocycles. The van der Waals surface area contributed by atoms with Crippen molar-refractivity contribution in [3.05, 3.63) is 23.8 Å². The fourth-order valence-electron chi connectivity index (χ4n) is 2.76. The minimum Gasteiger partial charge on any atom is -0.497 e. The average Bonchev–Trinajstić information content (AvgIpc) is 2.60. The van der Waals surface area contributed by atoms with Crippen LogP contribution in [0.4, 0.5) is 0 Å². The lowest BCUT2D eigenvalue weighted by atomic mass is 9.97. The van der Waals surface area contributed by atoms with Crippen molar-refractivity contribution in [1.29, 1.82) is 0 Å². The van der Waals surface area contributed by atoms with E-state index >= 15 is 0 Å². The van der Waals surface area contributed by atoms with Gasteiger partial charge in [0.05, 0.1) is 32.3 Å². The zero-order chi connectivity index (χ0) is 16.8. The Morgan fingerprint density at radius 1 is 1.26 bits per heavy atom. The van der Waals surface area contributed by atoms with Crippen LogP contribution in [0.1, 0.15) is 30.1 Å². The van der Waals surface area contributed by atoms with Gasteiger partial charge in [-0.1, -0.05) is 0 Å². The Morgan fingerprint density at radius 2 is 2.04 bits per heavy atom. The van der Waals surface area contributed by atoms with Gasteiger partial charge in [0.25, 0.3) is 5.91 Å². The van der Waals surface area contributed by atoms with E-state index in [4.69, 9.17) is 14.2 Å². The summed E-state index contributed by atoms with van der Waals surface area (Å²) in [6.45, 7) is 3.15. The zero-order valence-corrected chi connectivity index (χ0v) is 13.8. The summed E-state index contributed by atoms with van der Waals surface area (Å²) in [5.41, 5.74) is 0.470. The molecular weight excluding hydrogens is 298 g/mol. The molecule has 1 aliphatic heterocycles. The number of rotatable bonds is 5. The summed E-state index contributed by atoms with van der Waals surface area (Å²) in [4.78, 5) is 26.4. The van der Waals surface area contributed by atoms with Gasteiger partial charge in [0.2, 0.25) is 0 Å². The van der Waals surface area contributed by atoms with Crippen LogP contribution in [0.2, 0.25) is 0 Å². The maximum atomic E-state index is 12.8. The molecule has 1 aromatic rings. The standard InChI is InChI=1S/C17H23NO5/c1-4-23-17(20)12-6-5-9-18(11-12)16(19)14-8-7-13(21-2)10-15(14)22-3/h7-8,10,12H,4-6,9,11H2,1-3H3/t12-/m0/s1. The number of amides is 1. The number of ether oxygens (including phenoxy) is 3. The lowest BCUT2D eigenvalue weighted by Crippen LogP contribution is -2.42. The third-order valence-electron chi connectivity index (χ3n) is 3.97. The first-order valence-corrected chi connectivity index (χ1v) is 7.78. The van der Waals surface area contributed by atoms with Gasteiger partial charge in [-0.15, -0.1) is 0 Å². The van der Waals surface area contributed by atoms with E-state index in [1.54, 1.807) is 37.1 Å². The molecule has 6 nitrogen and oxygen atoms in total. The smallest absolute Gasteiger partial charge is 0.310 e. The van der Waals surface area contributed by atoms with Crippen molar-refractivity contribution in [1.82, 2.24) is 4.90 Å². The Labute approximate surface area is 136 Å². The van der Waals surface area contributed by atoms with Crippen LogP contribution < -0.4 is 9.47 Å². The molecule has 0 spiro atoms. The first-order valence-electron chi connectivity index (χ1n) is 7.78. The lowest BCUT2D eigenvalue weighted by Gasteiger charge is -2.31. The fraction of sp³-hybridized carbons (Fsp3) is 0.529. The topological polar surface area (TPSA) is 65.1 Å². The summed E-state index contributed by atoms with van der Waals surface area (Å²) in [6.07, 6.45) is 1.54. The summed E-state index contributed by atoms with van der Waals surface area (Å²) in [5.74, 6) is 0.469. The van der Waals surface area contributed by atoms with Crippen molar-refractivity contribution in [3.63, 3.8) is 0 Å². The van der Waals surface area contributed by atoms with Crippen LogP contribution >= 0.6 is 0 Å². The van der Waals surface area contributed by atoms with E-state index in [0.29, 0.717) is 36.8 Å². The molecule has 1 amide bonds. The second-order valence-corrected chi connectivity index (χ2v) is 5.41. The van der Waals surface area contributed by atoms with Crippen molar-refractivity contribution in [2.24, 2.45) is 5.92 Å². The normalized spacial score (nSPS) is 17.5. The van der Waals surface area contributed by atoms with Crippen molar-refractivity contribution >= 4 is 11.9 Å². The number of hydrogen-bond donors (Lipinski definition) is 0. The highest BCUT2D eigenvalue weighted by molar-refractivity contribution is 5.97. The van der Waals surface area contributed by atoms with Gasteiger partial charge in [-0.3, -0.25) is 9.59 Å². The first-order chi connectivity index (χ1) is 11.1. The largest absolute Gasteiger partial charge is 0.497 e. The summed E-state index contributed by atoms with van der Waals surface area (Å²) in [7, 11) is 3.08. The van der Waals surface area contributed by atoms with Gasteiger partial charge in [-0.25, -0.2) is 0 Å². The Hall–Kier alpha value is -2.24. The van der Waals surface area contributed by atoms with Crippen LogP contribution in [-0.4, -0.2) is 50.7 Å². The third kappa shape index (κ3) is 3.94. The monoisotopic (exact) mass is 321 g/mol. The second kappa shape index (κ2) is 7.85. The summed E-state index contributed by atoms with van der Waals surface area (Å²) in [6, 6.07) is 5.09. The van der Waals surface area contributed by atoms with Gasteiger partial charge >= 0.3 is 5.97 Å². The van der Waals surface area contributed by atoms with E-state index in [2.05, 4.69) is 0 Å². The number of hydrogen-bond acceptors (Lipinski definition) is 5. The van der Waals surface area contributed by atoms with Crippen LogP contribution in [0, 0.1) is 5.92 Å². The zero-order valence-electron chi connectivity index (χ0n) is 13.8. The number of nitrogens with zero attached hydrogens (tertiary/aromatic N) is 1. The molecule has 0 aliphatic carbocycles. The van der Waals surface area contributed by atoms with E-state index in [1.165, 1.54) is 7.11 Å². The minimum atomic E-state index is -0.253. The molecule has 0 aromatic heterocycles. The molecule has 23 heavy (non-hydrogen) atoms. The molecule has 6 heteroatoms. The minimum absolute atomic E-state index is 0.140. The Kier molecular flexibility index (Phi) is 5.84. The molecule has 0 radical (unpaired) electrons. The highest BCUT2D eigenvalue weighted by Gasteiger charge is 2.30. The van der Waals surface area contributed by atoms with Crippen LogP contribution in [0.25, 0.3) is 0 Å². The van der Waals surface area contributed by atoms with Gasteiger partial charge in [-0.2, -0.15) is 0 Å². The predicted octanol–water partition coefficient (Wildman–Crippen LogP) is 2.12. The molecule has 126 valence electrons. The Balaban J connectivity index is 2.15. The summed E-state index contributed by atoms with van der Waals surface area (Å²) in [5, 5.41) is 0. The number of piperidine rings is 1. The third-order valence-corrected chi connectivity index (χ3v) is 3.97. The predicted molar refractivity (Wildman–Crippen MR) is 84.8 cm³/mol. The molecule has 1 fully saturated rings. The highest BCUT2D eigenvalue weighted by Crippen LogP contribution is 2.27. The Morgan fingerprint density at radius 3 is 2.70 bits per heavy atom. The summed E-state index contributed by atoms with van der Waals surface area (Å²) >= 11 is 0. The SMILES string of the molecule is CCOC(=O)[C@H]1CCCN(C(=O)c2ccc(OC)cc2OC)C1. The first kappa shape index (κ1) is 17.1. The maximum absolute atomic E-state index is 12.8. The van der Waals surface area contributed by atoms with Crippen molar-refractivity contribution < 1.29 is 23.8 Å². The number of benzene rings is 1. The number of carbonyl (C=O) groups is 2. The van der Waals surface area contributed by atoms with Gasteiger partial charge in [0, 0.05) is 19.2 Å². The molecule has 2 rings (SSSR count). The number of carbonyl (C=O) groups excluding carboxylic acids is 2. The molecule has 0 unspecified atom stereocenters. The number of esters is 1. The van der Waals surface area contributed by atoms with Crippen molar-refractivity contribution in [3.8, 4) is 11.5 Å². The Bertz CT molecular complexity index is 572. The molecule has 1 heterocycles. The van der Waals surface area contributed by atoms with Crippen LogP contribution in [0.5, 0.6) is 11.5 Å². The quantitative estimate of drug-likeness (QED) is 0.777. The molecule has 1 aliphatic rings. The van der Waals surface area contributed by atoms with Gasteiger partial charge in [-0.05, 0) is 31.9 Å². The molecule has 0 bridgehead atoms. The van der Waals surface area contributed by atoms with Crippen LogP contribution in [-0.2, 0) is 9.53 Å². The van der Waals surface area contributed by atoms with Crippen LogP contribution in [0.15, 0.2) is 18.2 Å². The van der Waals surface area contributed by atoms with E-state index in [9.17, 15) is 9.59 Å². The fourth-order valence-corrected chi connectivity index (χ4v) is 2.76. The molecular formula is C17H23NO5. The number of likely N-dealkylation sites (tertiary alicyclic amines) is 1. The highest BCUT2D eigenvalue weighted by atomic mass is 16.5. The van der Waals surface area contributed by atoms with E-state index in [0.717, 1.165) is 12.8 Å². The second-order valence-electron chi connectivity index (χ2n) is 5.41. The van der Waals surface area contributed by atoms with E-state index < -0.39 is 0 Å². The van der Waals surface area contributed by atoms with Gasteiger partial charge in [0.15, 0.2) is 0 Å². The van der Waals surface area contributed by atoms with E-state index in [-0.39, 0.29) is 17.8 Å². The van der Waals surface area contributed by atoms with Gasteiger partial charge in [0.1, 0.15) is 11.5 Å². The molecule has 0 N–H and O–H groups in total. The lowest BCUT2D eigenvalue weighted by molar-refractivity contribution is -0.149.